The van der Waals surface area contributed by atoms with Crippen LogP contribution in [0.2, 0.25) is 0 Å². The second kappa shape index (κ2) is 3.90. The highest BCUT2D eigenvalue weighted by Gasteiger charge is 2.34. The Hall–Kier alpha value is -0.550. The Morgan fingerprint density at radius 3 is 2.79 bits per heavy atom. The minimum Gasteiger partial charge on any atom is -0.394 e. The van der Waals surface area contributed by atoms with Crippen LogP contribution in [0.25, 0.3) is 0 Å². The SMILES string of the molecule is OCC1(n2cc(F)cn2)CCSCC1. The zero-order chi connectivity index (χ0) is 10.0. The number of rotatable bonds is 2. The van der Waals surface area contributed by atoms with Gasteiger partial charge in [0.25, 0.3) is 0 Å². The van der Waals surface area contributed by atoms with Gasteiger partial charge in [-0.2, -0.15) is 16.9 Å². The lowest BCUT2D eigenvalue weighted by atomic mass is 9.93. The average molecular weight is 216 g/mol. The lowest BCUT2D eigenvalue weighted by Crippen LogP contribution is -2.41. The van der Waals surface area contributed by atoms with Gasteiger partial charge in [0, 0.05) is 0 Å². The minimum atomic E-state index is -0.365. The summed E-state index contributed by atoms with van der Waals surface area (Å²) >= 11 is 1.87. The van der Waals surface area contributed by atoms with Crippen molar-refractivity contribution in [3.63, 3.8) is 0 Å². The van der Waals surface area contributed by atoms with Crippen LogP contribution >= 0.6 is 11.8 Å². The Kier molecular flexibility index (Phi) is 2.78. The molecule has 1 aliphatic rings. The van der Waals surface area contributed by atoms with E-state index in [2.05, 4.69) is 5.10 Å². The lowest BCUT2D eigenvalue weighted by molar-refractivity contribution is 0.109. The highest BCUT2D eigenvalue weighted by Crippen LogP contribution is 2.32. The minimum absolute atomic E-state index is 0.0364. The molecule has 0 aromatic carbocycles. The maximum Gasteiger partial charge on any atom is 0.161 e. The molecule has 0 spiro atoms. The average Bonchev–Trinajstić information content (AvgIpc) is 2.66. The van der Waals surface area contributed by atoms with Crippen LogP contribution < -0.4 is 0 Å². The molecule has 0 bridgehead atoms. The number of aliphatic hydroxyl groups is 1. The summed E-state index contributed by atoms with van der Waals surface area (Å²) in [6.45, 7) is 0.0364. The molecule has 1 N–H and O–H groups in total. The van der Waals surface area contributed by atoms with E-state index in [0.29, 0.717) is 0 Å². The molecule has 0 unspecified atom stereocenters. The molecule has 0 amide bonds. The van der Waals surface area contributed by atoms with E-state index in [1.165, 1.54) is 12.4 Å². The fourth-order valence-corrected chi connectivity index (χ4v) is 3.02. The van der Waals surface area contributed by atoms with Crippen molar-refractivity contribution in [3.8, 4) is 0 Å². The van der Waals surface area contributed by atoms with Crippen molar-refractivity contribution in [1.82, 2.24) is 9.78 Å². The highest BCUT2D eigenvalue weighted by molar-refractivity contribution is 7.99. The molecule has 0 saturated carbocycles. The first-order valence-corrected chi connectivity index (χ1v) is 5.82. The molecule has 5 heteroatoms. The summed E-state index contributed by atoms with van der Waals surface area (Å²) in [6, 6.07) is 0. The largest absolute Gasteiger partial charge is 0.394 e. The third kappa shape index (κ3) is 1.66. The summed E-state index contributed by atoms with van der Waals surface area (Å²) in [5.41, 5.74) is -0.365. The molecular weight excluding hydrogens is 203 g/mol. The van der Waals surface area contributed by atoms with Crippen molar-refractivity contribution < 1.29 is 9.50 Å². The maximum absolute atomic E-state index is 12.8. The van der Waals surface area contributed by atoms with Gasteiger partial charge >= 0.3 is 0 Å². The number of aliphatic hydroxyl groups excluding tert-OH is 1. The molecule has 3 nitrogen and oxygen atoms in total. The predicted octanol–water partition coefficient (Wildman–Crippen LogP) is 1.24. The van der Waals surface area contributed by atoms with Crippen LogP contribution in [0.1, 0.15) is 12.8 Å². The Balaban J connectivity index is 2.26. The van der Waals surface area contributed by atoms with Crippen LogP contribution in [0.3, 0.4) is 0 Å². The monoisotopic (exact) mass is 216 g/mol. The number of hydrogen-bond acceptors (Lipinski definition) is 3. The fraction of sp³-hybridized carbons (Fsp3) is 0.667. The van der Waals surface area contributed by atoms with E-state index >= 15 is 0 Å². The fourth-order valence-electron chi connectivity index (χ4n) is 1.77. The molecule has 1 aliphatic heterocycles. The number of thioether (sulfide) groups is 1. The Morgan fingerprint density at radius 2 is 2.29 bits per heavy atom. The van der Waals surface area contributed by atoms with Crippen molar-refractivity contribution in [3.05, 3.63) is 18.2 Å². The lowest BCUT2D eigenvalue weighted by Gasteiger charge is -2.35. The van der Waals surface area contributed by atoms with E-state index in [1.807, 2.05) is 11.8 Å². The molecule has 1 aromatic rings. The molecule has 78 valence electrons. The quantitative estimate of drug-likeness (QED) is 0.808. The predicted molar refractivity (Wildman–Crippen MR) is 53.8 cm³/mol. The number of nitrogens with zero attached hydrogens (tertiary/aromatic N) is 2. The topological polar surface area (TPSA) is 38.0 Å². The Morgan fingerprint density at radius 1 is 1.57 bits per heavy atom. The van der Waals surface area contributed by atoms with Crippen LogP contribution in [0.5, 0.6) is 0 Å². The standard InChI is InChI=1S/C9H13FN2OS/c10-8-5-11-12(6-8)9(7-13)1-3-14-4-2-9/h5-6,13H,1-4,7H2. The Labute approximate surface area is 86.3 Å². The van der Waals surface area contributed by atoms with Crippen LogP contribution in [-0.4, -0.2) is 33.0 Å². The van der Waals surface area contributed by atoms with Gasteiger partial charge in [-0.3, -0.25) is 4.68 Å². The smallest absolute Gasteiger partial charge is 0.161 e. The van der Waals surface area contributed by atoms with Gasteiger partial charge in [0.05, 0.1) is 24.5 Å². The summed E-state index contributed by atoms with van der Waals surface area (Å²) in [5.74, 6) is 1.67. The summed E-state index contributed by atoms with van der Waals surface area (Å²) < 4.78 is 14.4. The number of aromatic nitrogens is 2. The molecule has 0 aliphatic carbocycles. The van der Waals surface area contributed by atoms with Gasteiger partial charge in [-0.1, -0.05) is 0 Å². The normalized spacial score (nSPS) is 21.0. The van der Waals surface area contributed by atoms with Crippen molar-refractivity contribution in [2.24, 2.45) is 0 Å². The zero-order valence-electron chi connectivity index (χ0n) is 7.82. The molecule has 2 heterocycles. The van der Waals surface area contributed by atoms with Gasteiger partial charge in [0.15, 0.2) is 5.82 Å². The number of hydrogen-bond donors (Lipinski definition) is 1. The van der Waals surface area contributed by atoms with E-state index < -0.39 is 0 Å². The van der Waals surface area contributed by atoms with Crippen LogP contribution in [0, 0.1) is 5.82 Å². The summed E-state index contributed by atoms with van der Waals surface area (Å²) in [6.07, 6.45) is 4.27. The second-order valence-corrected chi connectivity index (χ2v) is 4.82. The second-order valence-electron chi connectivity index (χ2n) is 3.60. The van der Waals surface area contributed by atoms with E-state index in [9.17, 15) is 9.50 Å². The summed E-state index contributed by atoms with van der Waals surface area (Å²) in [7, 11) is 0. The summed E-state index contributed by atoms with van der Waals surface area (Å²) in [5, 5.41) is 13.4. The van der Waals surface area contributed by atoms with Crippen LogP contribution in [0.15, 0.2) is 12.4 Å². The van der Waals surface area contributed by atoms with E-state index in [4.69, 9.17) is 0 Å². The first-order chi connectivity index (χ1) is 6.77. The number of halogens is 1. The van der Waals surface area contributed by atoms with Gasteiger partial charge in [0.2, 0.25) is 0 Å². The highest BCUT2D eigenvalue weighted by atomic mass is 32.2. The molecule has 1 aromatic heterocycles. The van der Waals surface area contributed by atoms with E-state index in [-0.39, 0.29) is 18.0 Å². The molecule has 0 atom stereocenters. The van der Waals surface area contributed by atoms with Gasteiger partial charge in [0.1, 0.15) is 0 Å². The van der Waals surface area contributed by atoms with Gasteiger partial charge in [-0.25, -0.2) is 4.39 Å². The summed E-state index contributed by atoms with van der Waals surface area (Å²) in [4.78, 5) is 0. The van der Waals surface area contributed by atoms with Gasteiger partial charge in [-0.05, 0) is 24.3 Å². The van der Waals surface area contributed by atoms with Crippen LogP contribution in [-0.2, 0) is 5.54 Å². The van der Waals surface area contributed by atoms with Crippen LogP contribution in [0.4, 0.5) is 4.39 Å². The molecule has 1 saturated heterocycles. The van der Waals surface area contributed by atoms with Crippen molar-refractivity contribution in [1.29, 1.82) is 0 Å². The van der Waals surface area contributed by atoms with Crippen molar-refractivity contribution >= 4 is 11.8 Å². The molecule has 14 heavy (non-hydrogen) atoms. The molecule has 2 rings (SSSR count). The molecular formula is C9H13FN2OS. The first kappa shape index (κ1) is 9.98. The van der Waals surface area contributed by atoms with Crippen molar-refractivity contribution in [2.45, 2.75) is 18.4 Å². The zero-order valence-corrected chi connectivity index (χ0v) is 8.63. The van der Waals surface area contributed by atoms with Gasteiger partial charge < -0.3 is 5.11 Å². The third-order valence-electron chi connectivity index (χ3n) is 2.75. The first-order valence-electron chi connectivity index (χ1n) is 4.66. The molecule has 0 radical (unpaired) electrons. The van der Waals surface area contributed by atoms with E-state index in [0.717, 1.165) is 24.3 Å². The van der Waals surface area contributed by atoms with E-state index in [1.54, 1.807) is 4.68 Å². The maximum atomic E-state index is 12.8. The Bertz CT molecular complexity index is 310. The third-order valence-corrected chi connectivity index (χ3v) is 3.74. The molecule has 1 fully saturated rings. The van der Waals surface area contributed by atoms with Gasteiger partial charge in [-0.15, -0.1) is 0 Å². The van der Waals surface area contributed by atoms with Crippen molar-refractivity contribution in [2.75, 3.05) is 18.1 Å².